The maximum atomic E-state index is 4.20. The molecule has 0 spiro atoms. The van der Waals surface area contributed by atoms with Crippen LogP contribution < -0.4 is 0 Å². The molecule has 0 bridgehead atoms. The zero-order chi connectivity index (χ0) is 6.97. The second-order valence-electron chi connectivity index (χ2n) is 2.51. The van der Waals surface area contributed by atoms with Crippen LogP contribution in [-0.4, -0.2) is 12.8 Å². The van der Waals surface area contributed by atoms with Crippen molar-refractivity contribution in [3.63, 3.8) is 0 Å². The summed E-state index contributed by atoms with van der Waals surface area (Å²) in [5.74, 6) is 0. The van der Waals surface area contributed by atoms with E-state index in [-0.39, 0.29) is 0 Å². The van der Waals surface area contributed by atoms with Crippen LogP contribution in [0.4, 0.5) is 0 Å². The lowest BCUT2D eigenvalue weighted by Gasteiger charge is -1.87. The van der Waals surface area contributed by atoms with Crippen LogP contribution in [0.5, 0.6) is 0 Å². The maximum Gasteiger partial charge on any atom is 0.0276 e. The Morgan fingerprint density at radius 2 is 2.40 bits per heavy atom. The molecule has 1 aromatic heterocycles. The molecule has 0 radical (unpaired) electrons. The first-order valence-corrected chi connectivity index (χ1v) is 4.28. The molecule has 0 saturated heterocycles. The first kappa shape index (κ1) is 6.10. The van der Waals surface area contributed by atoms with E-state index in [1.807, 2.05) is 18.4 Å². The summed E-state index contributed by atoms with van der Waals surface area (Å²) in [6.45, 7) is 0. The van der Waals surface area contributed by atoms with Crippen LogP contribution in [0.15, 0.2) is 16.4 Å². The average molecular weight is 151 g/mol. The smallest absolute Gasteiger partial charge is 0.0276 e. The predicted octanol–water partition coefficient (Wildman–Crippen LogP) is 1.92. The number of hydrogen-bond acceptors (Lipinski definition) is 2. The normalized spacial score (nSPS) is 19.9. The van der Waals surface area contributed by atoms with Crippen molar-refractivity contribution >= 4 is 17.0 Å². The fourth-order valence-corrected chi connectivity index (χ4v) is 2.24. The lowest BCUT2D eigenvalue weighted by atomic mass is 10.2. The molecule has 1 aliphatic rings. The van der Waals surface area contributed by atoms with Crippen molar-refractivity contribution in [1.29, 1.82) is 0 Å². The van der Waals surface area contributed by atoms with Gasteiger partial charge in [-0.3, -0.25) is 4.99 Å². The Labute approximate surface area is 64.4 Å². The molecule has 1 nitrogen and oxygen atoms in total. The quantitative estimate of drug-likeness (QED) is 0.537. The zero-order valence-electron chi connectivity index (χ0n) is 5.92. The summed E-state index contributed by atoms with van der Waals surface area (Å²) in [5, 5.41) is 2.16. The van der Waals surface area contributed by atoms with E-state index in [9.17, 15) is 0 Å². The summed E-state index contributed by atoms with van der Waals surface area (Å²) < 4.78 is 0. The van der Waals surface area contributed by atoms with Crippen LogP contribution in [-0.2, 0) is 12.8 Å². The topological polar surface area (TPSA) is 12.4 Å². The van der Waals surface area contributed by atoms with Crippen molar-refractivity contribution in [3.05, 3.63) is 21.9 Å². The third-order valence-corrected chi connectivity index (χ3v) is 2.88. The van der Waals surface area contributed by atoms with E-state index in [0.29, 0.717) is 0 Å². The molecule has 0 amide bonds. The minimum absolute atomic E-state index is 1.09. The Morgan fingerprint density at radius 1 is 1.50 bits per heavy atom. The first-order chi connectivity index (χ1) is 4.90. The molecule has 0 N–H and O–H groups in total. The Hall–Kier alpha value is -0.630. The molecular formula is C8H9NS. The van der Waals surface area contributed by atoms with Gasteiger partial charge in [0.05, 0.1) is 0 Å². The van der Waals surface area contributed by atoms with E-state index in [4.69, 9.17) is 0 Å². The number of hydrogen-bond donors (Lipinski definition) is 0. The Kier molecular flexibility index (Phi) is 1.34. The SMILES string of the molecule is CN=C1Cc2ccsc2C1. The lowest BCUT2D eigenvalue weighted by Crippen LogP contribution is -1.94. The molecule has 2 rings (SSSR count). The van der Waals surface area contributed by atoms with Crippen LogP contribution in [0, 0.1) is 0 Å². The number of thiophene rings is 1. The highest BCUT2D eigenvalue weighted by Crippen LogP contribution is 2.25. The van der Waals surface area contributed by atoms with Gasteiger partial charge in [-0.05, 0) is 17.0 Å². The highest BCUT2D eigenvalue weighted by atomic mass is 32.1. The summed E-state index contributed by atoms with van der Waals surface area (Å²) >= 11 is 1.85. The highest BCUT2D eigenvalue weighted by Gasteiger charge is 2.16. The zero-order valence-corrected chi connectivity index (χ0v) is 6.74. The molecule has 1 aromatic rings. The summed E-state index contributed by atoms with van der Waals surface area (Å²) in [7, 11) is 1.88. The highest BCUT2D eigenvalue weighted by molar-refractivity contribution is 7.10. The van der Waals surface area contributed by atoms with Gasteiger partial charge in [0, 0.05) is 30.5 Å². The van der Waals surface area contributed by atoms with E-state index >= 15 is 0 Å². The minimum atomic E-state index is 1.09. The predicted molar refractivity (Wildman–Crippen MR) is 45.1 cm³/mol. The van der Waals surface area contributed by atoms with Crippen molar-refractivity contribution in [2.45, 2.75) is 12.8 Å². The van der Waals surface area contributed by atoms with E-state index < -0.39 is 0 Å². The van der Waals surface area contributed by atoms with Gasteiger partial charge in [0.1, 0.15) is 0 Å². The first-order valence-electron chi connectivity index (χ1n) is 3.40. The Balaban J connectivity index is 2.37. The molecule has 2 heteroatoms. The van der Waals surface area contributed by atoms with E-state index in [0.717, 1.165) is 12.8 Å². The van der Waals surface area contributed by atoms with Crippen molar-refractivity contribution in [2.24, 2.45) is 4.99 Å². The molecule has 10 heavy (non-hydrogen) atoms. The minimum Gasteiger partial charge on any atom is -0.297 e. The van der Waals surface area contributed by atoms with Gasteiger partial charge < -0.3 is 0 Å². The van der Waals surface area contributed by atoms with Gasteiger partial charge in [-0.25, -0.2) is 0 Å². The van der Waals surface area contributed by atoms with E-state index in [1.54, 1.807) is 0 Å². The summed E-state index contributed by atoms with van der Waals surface area (Å²) in [6, 6.07) is 2.21. The molecule has 0 fully saturated rings. The van der Waals surface area contributed by atoms with Crippen molar-refractivity contribution in [3.8, 4) is 0 Å². The fraction of sp³-hybridized carbons (Fsp3) is 0.375. The summed E-state index contributed by atoms with van der Waals surface area (Å²) in [4.78, 5) is 5.71. The molecule has 0 atom stereocenters. The van der Waals surface area contributed by atoms with Gasteiger partial charge in [-0.2, -0.15) is 0 Å². The monoisotopic (exact) mass is 151 g/mol. The van der Waals surface area contributed by atoms with Crippen LogP contribution in [0.2, 0.25) is 0 Å². The van der Waals surface area contributed by atoms with Gasteiger partial charge in [0.15, 0.2) is 0 Å². The van der Waals surface area contributed by atoms with Gasteiger partial charge in [-0.1, -0.05) is 0 Å². The molecule has 1 heterocycles. The Bertz CT molecular complexity index is 250. The molecule has 0 saturated carbocycles. The fourth-order valence-electron chi connectivity index (χ4n) is 1.31. The van der Waals surface area contributed by atoms with Gasteiger partial charge in [0.25, 0.3) is 0 Å². The van der Waals surface area contributed by atoms with Crippen molar-refractivity contribution in [1.82, 2.24) is 0 Å². The van der Waals surface area contributed by atoms with Crippen LogP contribution in [0.1, 0.15) is 10.4 Å². The third kappa shape index (κ3) is 0.797. The van der Waals surface area contributed by atoms with Crippen LogP contribution in [0.25, 0.3) is 0 Å². The summed E-state index contributed by atoms with van der Waals surface area (Å²) in [5.41, 5.74) is 2.83. The van der Waals surface area contributed by atoms with Gasteiger partial charge in [-0.15, -0.1) is 11.3 Å². The number of nitrogens with zero attached hydrogens (tertiary/aromatic N) is 1. The molecule has 1 aliphatic carbocycles. The molecule has 0 aromatic carbocycles. The Morgan fingerprint density at radius 3 is 3.10 bits per heavy atom. The van der Waals surface area contributed by atoms with E-state index in [2.05, 4.69) is 16.4 Å². The average Bonchev–Trinajstić information content (AvgIpc) is 2.42. The molecular weight excluding hydrogens is 142 g/mol. The number of rotatable bonds is 0. The van der Waals surface area contributed by atoms with Crippen molar-refractivity contribution < 1.29 is 0 Å². The molecule has 0 unspecified atom stereocenters. The van der Waals surface area contributed by atoms with Gasteiger partial charge >= 0.3 is 0 Å². The van der Waals surface area contributed by atoms with Crippen LogP contribution in [0.3, 0.4) is 0 Å². The second kappa shape index (κ2) is 2.20. The maximum absolute atomic E-state index is 4.20. The number of fused-ring (bicyclic) bond motifs is 1. The second-order valence-corrected chi connectivity index (χ2v) is 3.51. The molecule has 0 aliphatic heterocycles. The van der Waals surface area contributed by atoms with Gasteiger partial charge in [0.2, 0.25) is 0 Å². The standard InChI is InChI=1S/C8H9NS/c1-9-7-4-6-2-3-10-8(6)5-7/h2-3H,4-5H2,1H3. The largest absolute Gasteiger partial charge is 0.297 e. The van der Waals surface area contributed by atoms with Crippen LogP contribution >= 0.6 is 11.3 Å². The lowest BCUT2D eigenvalue weighted by molar-refractivity contribution is 1.31. The van der Waals surface area contributed by atoms with E-state index in [1.165, 1.54) is 16.2 Å². The van der Waals surface area contributed by atoms with Crippen molar-refractivity contribution in [2.75, 3.05) is 7.05 Å². The summed E-state index contributed by atoms with van der Waals surface area (Å²) in [6.07, 6.45) is 2.19. The third-order valence-electron chi connectivity index (χ3n) is 1.91. The molecule has 52 valence electrons. The number of aliphatic imine (C=N–C) groups is 1.